The number of benzene rings is 1. The van der Waals surface area contributed by atoms with Crippen LogP contribution in [0.25, 0.3) is 0 Å². The summed E-state index contributed by atoms with van der Waals surface area (Å²) in [6.07, 6.45) is 10.6. The first-order valence-electron chi connectivity index (χ1n) is 10.3. The SMILES string of the molecule is CC(C)CCCCCc1cccc(S(=O)(=O)[O-])c1CCCCCC(C)C.[NH4+]. The lowest BCUT2D eigenvalue weighted by Crippen LogP contribution is -2.07. The highest BCUT2D eigenvalue weighted by molar-refractivity contribution is 7.85. The molecule has 4 nitrogen and oxygen atoms in total. The summed E-state index contributed by atoms with van der Waals surface area (Å²) in [7, 11) is -4.41. The number of unbranched alkanes of at least 4 members (excludes halogenated alkanes) is 4. The van der Waals surface area contributed by atoms with Crippen molar-refractivity contribution in [2.75, 3.05) is 0 Å². The van der Waals surface area contributed by atoms with Crippen molar-refractivity contribution in [1.82, 2.24) is 6.15 Å². The van der Waals surface area contributed by atoms with E-state index in [1.54, 1.807) is 6.07 Å². The van der Waals surface area contributed by atoms with Crippen LogP contribution >= 0.6 is 0 Å². The molecule has 0 aromatic heterocycles. The van der Waals surface area contributed by atoms with Gasteiger partial charge in [0.25, 0.3) is 0 Å². The number of quaternary nitrogens is 1. The third kappa shape index (κ3) is 10.9. The standard InChI is InChI=1S/C22H38O3S.H3N/c1-18(2)12-7-5-9-14-20-15-11-17-22(26(23,24)25)21(20)16-10-6-8-13-19(3)4;/h11,15,17-19H,5-10,12-14,16H2,1-4H3,(H,23,24,25);1H3. The lowest BCUT2D eigenvalue weighted by atomic mass is 9.95. The van der Waals surface area contributed by atoms with Crippen LogP contribution in [0.4, 0.5) is 0 Å². The van der Waals surface area contributed by atoms with Crippen LogP contribution in [0, 0.1) is 11.8 Å². The fourth-order valence-corrected chi connectivity index (χ4v) is 4.22. The van der Waals surface area contributed by atoms with Crippen molar-refractivity contribution in [2.24, 2.45) is 11.8 Å². The van der Waals surface area contributed by atoms with Crippen LogP contribution in [-0.2, 0) is 23.0 Å². The lowest BCUT2D eigenvalue weighted by molar-refractivity contribution is 0.461. The van der Waals surface area contributed by atoms with Gasteiger partial charge in [0.05, 0.1) is 4.90 Å². The van der Waals surface area contributed by atoms with Crippen LogP contribution in [-0.4, -0.2) is 13.0 Å². The molecule has 0 aliphatic rings. The minimum atomic E-state index is -4.41. The highest BCUT2D eigenvalue weighted by Gasteiger charge is 2.13. The van der Waals surface area contributed by atoms with Gasteiger partial charge >= 0.3 is 0 Å². The van der Waals surface area contributed by atoms with Gasteiger partial charge in [0, 0.05) is 0 Å². The van der Waals surface area contributed by atoms with Crippen molar-refractivity contribution < 1.29 is 13.0 Å². The predicted octanol–water partition coefficient (Wildman–Crippen LogP) is 6.48. The first-order chi connectivity index (χ1) is 12.2. The van der Waals surface area contributed by atoms with E-state index in [4.69, 9.17) is 0 Å². The van der Waals surface area contributed by atoms with Gasteiger partial charge in [-0.25, -0.2) is 8.42 Å². The van der Waals surface area contributed by atoms with Gasteiger partial charge in [-0.15, -0.1) is 0 Å². The zero-order chi connectivity index (χ0) is 19.6. The number of hydrogen-bond donors (Lipinski definition) is 1. The topological polar surface area (TPSA) is 93.7 Å². The third-order valence-corrected chi connectivity index (χ3v) is 5.86. The van der Waals surface area contributed by atoms with E-state index < -0.39 is 10.1 Å². The molecule has 0 atom stereocenters. The molecule has 4 N–H and O–H groups in total. The summed E-state index contributed by atoms with van der Waals surface area (Å²) in [4.78, 5) is 0.000963. The van der Waals surface area contributed by atoms with Crippen molar-refractivity contribution in [2.45, 2.75) is 96.8 Å². The Balaban J connectivity index is 0.00000676. The van der Waals surface area contributed by atoms with E-state index in [0.717, 1.165) is 55.6 Å². The quantitative estimate of drug-likeness (QED) is 0.303. The van der Waals surface area contributed by atoms with E-state index >= 15 is 0 Å². The minimum Gasteiger partial charge on any atom is -0.744 e. The smallest absolute Gasteiger partial charge is 0.124 e. The summed E-state index contributed by atoms with van der Waals surface area (Å²) in [6, 6.07) is 5.20. The summed E-state index contributed by atoms with van der Waals surface area (Å²) in [6.45, 7) is 8.91. The Hall–Kier alpha value is -0.910. The average Bonchev–Trinajstić information content (AvgIpc) is 2.53. The van der Waals surface area contributed by atoms with Crippen LogP contribution < -0.4 is 6.15 Å². The Labute approximate surface area is 167 Å². The Morgan fingerprint density at radius 3 is 1.81 bits per heavy atom. The molecule has 1 aromatic carbocycles. The van der Waals surface area contributed by atoms with Crippen molar-refractivity contribution in [3.8, 4) is 0 Å². The summed E-state index contributed by atoms with van der Waals surface area (Å²) < 4.78 is 35.0. The molecule has 0 unspecified atom stereocenters. The molecule has 0 fully saturated rings. The fraction of sp³-hybridized carbons (Fsp3) is 0.727. The number of aryl methyl sites for hydroxylation is 1. The van der Waals surface area contributed by atoms with Crippen LogP contribution in [0.3, 0.4) is 0 Å². The zero-order valence-corrected chi connectivity index (χ0v) is 18.9. The maximum atomic E-state index is 11.7. The second-order valence-corrected chi connectivity index (χ2v) is 9.68. The Morgan fingerprint density at radius 1 is 0.815 bits per heavy atom. The van der Waals surface area contributed by atoms with E-state index in [0.29, 0.717) is 12.3 Å². The number of rotatable bonds is 13. The van der Waals surface area contributed by atoms with E-state index in [1.165, 1.54) is 25.3 Å². The molecule has 0 bridgehead atoms. The van der Waals surface area contributed by atoms with Crippen molar-refractivity contribution in [3.05, 3.63) is 29.3 Å². The van der Waals surface area contributed by atoms with Gasteiger partial charge in [-0.2, -0.15) is 0 Å². The molecule has 27 heavy (non-hydrogen) atoms. The molecule has 1 aromatic rings. The third-order valence-electron chi connectivity index (χ3n) is 4.94. The molecule has 1 rings (SSSR count). The monoisotopic (exact) mass is 399 g/mol. The van der Waals surface area contributed by atoms with Crippen LogP contribution in [0.15, 0.2) is 23.1 Å². The van der Waals surface area contributed by atoms with Gasteiger partial charge in [0.15, 0.2) is 0 Å². The fourth-order valence-electron chi connectivity index (χ4n) is 3.44. The summed E-state index contributed by atoms with van der Waals surface area (Å²) >= 11 is 0. The van der Waals surface area contributed by atoms with Crippen molar-refractivity contribution in [3.63, 3.8) is 0 Å². The molecule has 158 valence electrons. The normalized spacial score (nSPS) is 11.8. The van der Waals surface area contributed by atoms with E-state index in [2.05, 4.69) is 27.7 Å². The molecular weight excluding hydrogens is 358 g/mol. The van der Waals surface area contributed by atoms with Crippen molar-refractivity contribution in [1.29, 1.82) is 0 Å². The molecule has 0 saturated heterocycles. The molecule has 0 spiro atoms. The summed E-state index contributed by atoms with van der Waals surface area (Å²) in [5, 5.41) is 0. The average molecular weight is 400 g/mol. The van der Waals surface area contributed by atoms with Gasteiger partial charge < -0.3 is 10.7 Å². The Bertz CT molecular complexity index is 624. The molecule has 0 aliphatic carbocycles. The van der Waals surface area contributed by atoms with Gasteiger partial charge in [-0.1, -0.05) is 78.4 Å². The molecule has 5 heteroatoms. The highest BCUT2D eigenvalue weighted by atomic mass is 32.2. The summed E-state index contributed by atoms with van der Waals surface area (Å²) in [5.74, 6) is 1.43. The zero-order valence-electron chi connectivity index (χ0n) is 18.1. The second-order valence-electron chi connectivity index (χ2n) is 8.33. The van der Waals surface area contributed by atoms with E-state index in [9.17, 15) is 13.0 Å². The van der Waals surface area contributed by atoms with Gasteiger partial charge in [-0.3, -0.25) is 0 Å². The van der Waals surface area contributed by atoms with E-state index in [1.807, 2.05) is 6.07 Å². The van der Waals surface area contributed by atoms with E-state index in [-0.39, 0.29) is 11.0 Å². The summed E-state index contributed by atoms with van der Waals surface area (Å²) in [5.41, 5.74) is 1.83. The molecule has 0 aliphatic heterocycles. The largest absolute Gasteiger partial charge is 0.744 e. The van der Waals surface area contributed by atoms with Gasteiger partial charge in [0.1, 0.15) is 10.1 Å². The lowest BCUT2D eigenvalue weighted by Gasteiger charge is -2.17. The minimum absolute atomic E-state index is 0. The van der Waals surface area contributed by atoms with Gasteiger partial charge in [-0.05, 0) is 54.7 Å². The second kappa shape index (κ2) is 13.3. The molecular formula is C22H41NO3S. The Morgan fingerprint density at radius 2 is 1.33 bits per heavy atom. The molecule has 0 amide bonds. The molecule has 0 radical (unpaired) electrons. The first-order valence-corrected chi connectivity index (χ1v) is 11.7. The van der Waals surface area contributed by atoms with Crippen molar-refractivity contribution >= 4 is 10.1 Å². The van der Waals surface area contributed by atoms with Crippen LogP contribution in [0.1, 0.15) is 90.2 Å². The number of hydrogen-bond acceptors (Lipinski definition) is 3. The predicted molar refractivity (Wildman–Crippen MR) is 114 cm³/mol. The highest BCUT2D eigenvalue weighted by Crippen LogP contribution is 2.24. The maximum absolute atomic E-state index is 11.7. The van der Waals surface area contributed by atoms with Crippen LogP contribution in [0.5, 0.6) is 0 Å². The van der Waals surface area contributed by atoms with Crippen LogP contribution in [0.2, 0.25) is 0 Å². The molecule has 0 saturated carbocycles. The first kappa shape index (κ1) is 26.1. The Kier molecular flexibility index (Phi) is 12.8. The van der Waals surface area contributed by atoms with Gasteiger partial charge in [0.2, 0.25) is 0 Å². The molecule has 0 heterocycles. The maximum Gasteiger partial charge on any atom is 0.124 e.